The number of amides is 1. The maximum atomic E-state index is 12.7. The third-order valence-electron chi connectivity index (χ3n) is 4.05. The van der Waals surface area contributed by atoms with Crippen LogP contribution in [0.3, 0.4) is 0 Å². The number of carbonyl (C=O) groups is 1. The lowest BCUT2D eigenvalue weighted by molar-refractivity contribution is -0.384. The van der Waals surface area contributed by atoms with Gasteiger partial charge in [0.2, 0.25) is 5.91 Å². The maximum Gasteiger partial charge on any atom is 0.501 e. The molecule has 0 aliphatic heterocycles. The first-order chi connectivity index (χ1) is 15.8. The first kappa shape index (κ1) is 28.1. The van der Waals surface area contributed by atoms with Crippen LogP contribution < -0.4 is 10.6 Å². The average Bonchev–Trinajstić information content (AvgIpc) is 2.71. The molecule has 0 radical (unpaired) electrons. The number of hydrogen-bond acceptors (Lipinski definition) is 8. The fraction of sp³-hybridized carbons (Fsp3) is 0.188. The van der Waals surface area contributed by atoms with E-state index in [1.54, 1.807) is 0 Å². The molecule has 0 atom stereocenters. The summed E-state index contributed by atoms with van der Waals surface area (Å²) >= 11 is 5.74. The Kier molecular flexibility index (Phi) is 7.63. The monoisotopic (exact) mass is 569 g/mol. The summed E-state index contributed by atoms with van der Waals surface area (Å²) in [5.41, 5.74) is -13.7. The van der Waals surface area contributed by atoms with Crippen LogP contribution in [0.1, 0.15) is 0 Å². The number of sulfone groups is 2. The number of alkyl halides is 6. The van der Waals surface area contributed by atoms with E-state index in [0.717, 1.165) is 6.07 Å². The number of hydrogen-bond donors (Lipinski definition) is 2. The Labute approximate surface area is 196 Å². The van der Waals surface area contributed by atoms with Crippen LogP contribution in [-0.4, -0.2) is 45.2 Å². The number of carbonyl (C=O) groups excluding carboxylic acids is 1. The third kappa shape index (κ3) is 5.93. The minimum Gasteiger partial charge on any atom is -0.371 e. The van der Waals surface area contributed by atoms with Crippen LogP contribution in [0.4, 0.5) is 43.4 Å². The minimum atomic E-state index is -5.91. The number of halogens is 7. The zero-order valence-corrected chi connectivity index (χ0v) is 18.8. The number of nitrogens with zero attached hydrogens (tertiary/aromatic N) is 1. The molecule has 2 aromatic rings. The Morgan fingerprint density at radius 1 is 0.886 bits per heavy atom. The van der Waals surface area contributed by atoms with E-state index in [0.29, 0.717) is 24.3 Å². The van der Waals surface area contributed by atoms with Crippen LogP contribution in [0, 0.1) is 10.1 Å². The highest BCUT2D eigenvalue weighted by Crippen LogP contribution is 2.35. The van der Waals surface area contributed by atoms with Gasteiger partial charge in [-0.3, -0.25) is 14.9 Å². The molecule has 2 aromatic carbocycles. The number of benzene rings is 2. The average molecular weight is 570 g/mol. The molecule has 0 saturated carbocycles. The second-order valence-electron chi connectivity index (χ2n) is 6.38. The molecule has 35 heavy (non-hydrogen) atoms. The first-order valence-corrected chi connectivity index (χ1v) is 11.9. The molecule has 19 heteroatoms. The van der Waals surface area contributed by atoms with Gasteiger partial charge in [0.05, 0.1) is 32.0 Å². The van der Waals surface area contributed by atoms with Crippen molar-refractivity contribution in [1.29, 1.82) is 0 Å². The summed E-state index contributed by atoms with van der Waals surface area (Å²) in [5, 5.41) is 14.9. The molecule has 0 heterocycles. The lowest BCUT2D eigenvalue weighted by Crippen LogP contribution is -2.25. The quantitative estimate of drug-likeness (QED) is 0.289. The van der Waals surface area contributed by atoms with Gasteiger partial charge in [0, 0.05) is 6.07 Å². The van der Waals surface area contributed by atoms with Crippen LogP contribution in [-0.2, 0) is 24.5 Å². The molecule has 0 aliphatic rings. The molecule has 10 nitrogen and oxygen atoms in total. The van der Waals surface area contributed by atoms with Gasteiger partial charge in [0.15, 0.2) is 0 Å². The van der Waals surface area contributed by atoms with Gasteiger partial charge < -0.3 is 10.6 Å². The Balaban J connectivity index is 2.27. The molecule has 0 bridgehead atoms. The standard InChI is InChI=1S/C16H10ClF6N3O7S2/c17-10-3-1-8(34(30,31)15(18,19)20)5-12(10)25-14(27)7-24-11-4-2-9(6-13(11)26(28)29)35(32,33)16(21,22)23/h1-6,24H,7H2,(H,25,27). The van der Waals surface area contributed by atoms with E-state index in [4.69, 9.17) is 11.6 Å². The molecular formula is C16H10ClF6N3O7S2. The van der Waals surface area contributed by atoms with Gasteiger partial charge in [-0.2, -0.15) is 26.3 Å². The Hall–Kier alpha value is -3.12. The summed E-state index contributed by atoms with van der Waals surface area (Å²) in [6, 6.07) is 2.83. The molecule has 2 rings (SSSR count). The Bertz CT molecular complexity index is 1390. The SMILES string of the molecule is O=C(CNc1ccc(S(=O)(=O)C(F)(F)F)cc1[N+](=O)[O-])Nc1cc(S(=O)(=O)C(F)(F)F)ccc1Cl. The summed E-state index contributed by atoms with van der Waals surface area (Å²) in [6.07, 6.45) is 0. The summed E-state index contributed by atoms with van der Waals surface area (Å²) < 4.78 is 122. The number of rotatable bonds is 7. The second-order valence-corrected chi connectivity index (χ2v) is 10.7. The third-order valence-corrected chi connectivity index (χ3v) is 7.34. The maximum absolute atomic E-state index is 12.7. The minimum absolute atomic E-state index is 0.116. The van der Waals surface area contributed by atoms with E-state index >= 15 is 0 Å². The van der Waals surface area contributed by atoms with Crippen molar-refractivity contribution < 1.29 is 52.9 Å². The topological polar surface area (TPSA) is 153 Å². The number of anilines is 2. The molecule has 0 aromatic heterocycles. The Morgan fingerprint density at radius 2 is 1.37 bits per heavy atom. The largest absolute Gasteiger partial charge is 0.501 e. The van der Waals surface area contributed by atoms with Crippen molar-refractivity contribution in [3.63, 3.8) is 0 Å². The molecular weight excluding hydrogens is 560 g/mol. The van der Waals surface area contributed by atoms with Crippen LogP contribution >= 0.6 is 11.6 Å². The lowest BCUT2D eigenvalue weighted by atomic mass is 10.2. The molecule has 0 aliphatic carbocycles. The van der Waals surface area contributed by atoms with Crippen molar-refractivity contribution in [1.82, 2.24) is 0 Å². The van der Waals surface area contributed by atoms with Gasteiger partial charge in [0.25, 0.3) is 25.4 Å². The van der Waals surface area contributed by atoms with Crippen molar-refractivity contribution in [2.24, 2.45) is 0 Å². The Morgan fingerprint density at radius 3 is 1.86 bits per heavy atom. The molecule has 0 unspecified atom stereocenters. The van der Waals surface area contributed by atoms with Crippen LogP contribution in [0.15, 0.2) is 46.2 Å². The van der Waals surface area contributed by atoms with Crippen molar-refractivity contribution in [3.8, 4) is 0 Å². The number of nitrogens with one attached hydrogen (secondary N) is 2. The van der Waals surface area contributed by atoms with Crippen LogP contribution in [0.5, 0.6) is 0 Å². The predicted molar refractivity (Wildman–Crippen MR) is 108 cm³/mol. The summed E-state index contributed by atoms with van der Waals surface area (Å²) in [4.78, 5) is 19.4. The zero-order chi connectivity index (χ0) is 27.0. The van der Waals surface area contributed by atoms with Crippen LogP contribution in [0.2, 0.25) is 5.02 Å². The molecule has 0 saturated heterocycles. The predicted octanol–water partition coefficient (Wildman–Crippen LogP) is 3.89. The van der Waals surface area contributed by atoms with Gasteiger partial charge >= 0.3 is 11.0 Å². The van der Waals surface area contributed by atoms with E-state index in [9.17, 15) is 58.1 Å². The molecule has 192 valence electrons. The zero-order valence-electron chi connectivity index (χ0n) is 16.4. The molecule has 0 spiro atoms. The van der Waals surface area contributed by atoms with E-state index < -0.39 is 74.9 Å². The van der Waals surface area contributed by atoms with Crippen molar-refractivity contribution in [2.75, 3.05) is 17.2 Å². The van der Waals surface area contributed by atoms with Gasteiger partial charge in [-0.15, -0.1) is 0 Å². The molecule has 0 fully saturated rings. The summed E-state index contributed by atoms with van der Waals surface area (Å²) in [6.45, 7) is -0.876. The normalized spacial score (nSPS) is 12.8. The van der Waals surface area contributed by atoms with E-state index in [1.165, 1.54) is 0 Å². The van der Waals surface area contributed by atoms with E-state index in [1.807, 2.05) is 5.32 Å². The highest BCUT2D eigenvalue weighted by Gasteiger charge is 2.48. The fourth-order valence-corrected chi connectivity index (χ4v) is 4.12. The highest BCUT2D eigenvalue weighted by atomic mass is 35.5. The number of nitro groups is 1. The van der Waals surface area contributed by atoms with Crippen molar-refractivity contribution in [3.05, 3.63) is 51.5 Å². The van der Waals surface area contributed by atoms with Crippen molar-refractivity contribution >= 4 is 54.2 Å². The molecule has 1 amide bonds. The molecule has 2 N–H and O–H groups in total. The van der Waals surface area contributed by atoms with Gasteiger partial charge in [-0.25, -0.2) is 16.8 Å². The fourth-order valence-electron chi connectivity index (χ4n) is 2.38. The smallest absolute Gasteiger partial charge is 0.371 e. The van der Waals surface area contributed by atoms with Crippen molar-refractivity contribution in [2.45, 2.75) is 20.8 Å². The van der Waals surface area contributed by atoms with Gasteiger partial charge in [-0.1, -0.05) is 11.6 Å². The lowest BCUT2D eigenvalue weighted by Gasteiger charge is -2.13. The highest BCUT2D eigenvalue weighted by molar-refractivity contribution is 7.92. The van der Waals surface area contributed by atoms with E-state index in [-0.39, 0.29) is 11.1 Å². The van der Waals surface area contributed by atoms with Gasteiger partial charge in [0.1, 0.15) is 5.69 Å². The first-order valence-electron chi connectivity index (χ1n) is 8.53. The second kappa shape index (κ2) is 9.50. The summed E-state index contributed by atoms with van der Waals surface area (Å²) in [7, 11) is -11.7. The van der Waals surface area contributed by atoms with Gasteiger partial charge in [-0.05, 0) is 30.3 Å². The number of nitro benzene ring substituents is 1. The van der Waals surface area contributed by atoms with Crippen LogP contribution in [0.25, 0.3) is 0 Å². The summed E-state index contributed by atoms with van der Waals surface area (Å²) in [5.74, 6) is -1.12. The van der Waals surface area contributed by atoms with E-state index in [2.05, 4.69) is 5.32 Å².